The molecule has 1 rings (SSSR count). The van der Waals surface area contributed by atoms with Crippen LogP contribution in [0.2, 0.25) is 5.02 Å². The molecule has 1 aromatic rings. The van der Waals surface area contributed by atoms with E-state index in [2.05, 4.69) is 4.74 Å². The highest BCUT2D eigenvalue weighted by Crippen LogP contribution is 2.38. The van der Waals surface area contributed by atoms with Crippen molar-refractivity contribution >= 4 is 24.0 Å². The maximum atomic E-state index is 12.0. The molecule has 90 valence electrons. The molecule has 0 aliphatic carbocycles. The van der Waals surface area contributed by atoms with Crippen molar-refractivity contribution in [3.63, 3.8) is 0 Å². The summed E-state index contributed by atoms with van der Waals surface area (Å²) >= 11 is 5.54. The molecule has 0 atom stereocenters. The van der Waals surface area contributed by atoms with Crippen LogP contribution in [0.1, 0.15) is 0 Å². The van der Waals surface area contributed by atoms with Crippen LogP contribution in [0.4, 0.5) is 13.2 Å². The molecule has 16 heavy (non-hydrogen) atoms. The lowest BCUT2D eigenvalue weighted by Crippen LogP contribution is -2.18. The molecule has 2 nitrogen and oxygen atoms in total. The SMILES string of the molecule is CP(C)(=O)c1ccc(Cl)c(OC(F)(F)F)c1. The van der Waals surface area contributed by atoms with Crippen molar-refractivity contribution in [2.24, 2.45) is 0 Å². The number of alkyl halides is 3. The molecule has 0 bridgehead atoms. The summed E-state index contributed by atoms with van der Waals surface area (Å²) in [5.41, 5.74) is 0. The molecule has 0 aromatic heterocycles. The van der Waals surface area contributed by atoms with Crippen LogP contribution in [0.25, 0.3) is 0 Å². The Balaban J connectivity index is 3.15. The molecule has 0 aliphatic rings. The molecule has 7 heteroatoms. The average Bonchev–Trinajstić information content (AvgIpc) is 2.04. The summed E-state index contributed by atoms with van der Waals surface area (Å²) in [6.45, 7) is 2.90. The smallest absolute Gasteiger partial charge is 0.404 e. The number of rotatable bonds is 2. The first kappa shape index (κ1) is 13.4. The maximum absolute atomic E-state index is 12.0. The zero-order chi connectivity index (χ0) is 12.6. The van der Waals surface area contributed by atoms with Crippen molar-refractivity contribution in [2.75, 3.05) is 13.3 Å². The van der Waals surface area contributed by atoms with Crippen LogP contribution in [-0.4, -0.2) is 19.7 Å². The average molecular weight is 273 g/mol. The van der Waals surface area contributed by atoms with Crippen molar-refractivity contribution in [1.82, 2.24) is 0 Å². The van der Waals surface area contributed by atoms with Crippen LogP contribution < -0.4 is 10.0 Å². The molecule has 1 aromatic carbocycles. The van der Waals surface area contributed by atoms with E-state index in [0.29, 0.717) is 0 Å². The molecular weight excluding hydrogens is 264 g/mol. The number of hydrogen-bond donors (Lipinski definition) is 0. The zero-order valence-corrected chi connectivity index (χ0v) is 10.2. The maximum Gasteiger partial charge on any atom is 0.573 e. The largest absolute Gasteiger partial charge is 0.573 e. The summed E-state index contributed by atoms with van der Waals surface area (Å²) < 4.78 is 51.4. The van der Waals surface area contributed by atoms with Crippen LogP contribution in [0, 0.1) is 0 Å². The lowest BCUT2D eigenvalue weighted by atomic mass is 10.3. The van der Waals surface area contributed by atoms with Crippen LogP contribution in [0.15, 0.2) is 18.2 Å². The normalized spacial score (nSPS) is 12.6. The van der Waals surface area contributed by atoms with Gasteiger partial charge in [0.15, 0.2) is 0 Å². The van der Waals surface area contributed by atoms with Crippen molar-refractivity contribution in [2.45, 2.75) is 6.36 Å². The van der Waals surface area contributed by atoms with E-state index in [1.807, 2.05) is 0 Å². The summed E-state index contributed by atoms with van der Waals surface area (Å²) in [7, 11) is -2.64. The molecule has 0 amide bonds. The summed E-state index contributed by atoms with van der Waals surface area (Å²) in [6.07, 6.45) is -4.81. The Morgan fingerprint density at radius 2 is 1.88 bits per heavy atom. The van der Waals surface area contributed by atoms with Crippen molar-refractivity contribution < 1.29 is 22.5 Å². The standard InChI is InChI=1S/C9H9ClF3O2P/c1-16(2,14)6-3-4-7(10)8(5-6)15-9(11,12)13/h3-5H,1-2H3. The van der Waals surface area contributed by atoms with E-state index < -0.39 is 19.3 Å². The summed E-state index contributed by atoms with van der Waals surface area (Å²) in [5.74, 6) is -0.532. The van der Waals surface area contributed by atoms with Crippen LogP contribution in [0.3, 0.4) is 0 Å². The molecule has 0 spiro atoms. The first-order valence-corrected chi connectivity index (χ1v) is 7.18. The van der Waals surface area contributed by atoms with Gasteiger partial charge in [0, 0.05) is 5.30 Å². The summed E-state index contributed by atoms with van der Waals surface area (Å²) in [6, 6.07) is 3.71. The highest BCUT2D eigenvalue weighted by atomic mass is 35.5. The van der Waals surface area contributed by atoms with E-state index in [-0.39, 0.29) is 10.3 Å². The van der Waals surface area contributed by atoms with Crippen molar-refractivity contribution in [1.29, 1.82) is 0 Å². The Bertz CT molecular complexity index is 439. The van der Waals surface area contributed by atoms with Gasteiger partial charge in [0.05, 0.1) is 5.02 Å². The summed E-state index contributed by atoms with van der Waals surface area (Å²) in [4.78, 5) is 0. The Kier molecular flexibility index (Phi) is 3.60. The van der Waals surface area contributed by atoms with Gasteiger partial charge in [-0.1, -0.05) is 11.6 Å². The van der Waals surface area contributed by atoms with E-state index in [1.54, 1.807) is 0 Å². The second-order valence-corrected chi connectivity index (χ2v) is 7.14. The third-order valence-electron chi connectivity index (χ3n) is 1.76. The zero-order valence-electron chi connectivity index (χ0n) is 8.51. The predicted molar refractivity (Wildman–Crippen MR) is 57.2 cm³/mol. The van der Waals surface area contributed by atoms with Crippen LogP contribution >= 0.6 is 18.7 Å². The Morgan fingerprint density at radius 3 is 2.31 bits per heavy atom. The lowest BCUT2D eigenvalue weighted by Gasteiger charge is -2.13. The van der Waals surface area contributed by atoms with E-state index in [4.69, 9.17) is 11.6 Å². The van der Waals surface area contributed by atoms with Gasteiger partial charge < -0.3 is 9.30 Å². The van der Waals surface area contributed by atoms with Gasteiger partial charge in [0.25, 0.3) is 0 Å². The second-order valence-electron chi connectivity index (χ2n) is 3.51. The quantitative estimate of drug-likeness (QED) is 0.771. The van der Waals surface area contributed by atoms with Crippen LogP contribution in [0.5, 0.6) is 5.75 Å². The molecule has 0 aliphatic heterocycles. The minimum Gasteiger partial charge on any atom is -0.404 e. The third kappa shape index (κ3) is 3.72. The van der Waals surface area contributed by atoms with Gasteiger partial charge in [-0.2, -0.15) is 0 Å². The molecule has 0 saturated heterocycles. The van der Waals surface area contributed by atoms with Gasteiger partial charge in [-0.25, -0.2) is 0 Å². The third-order valence-corrected chi connectivity index (χ3v) is 3.60. The molecule has 0 saturated carbocycles. The highest BCUT2D eigenvalue weighted by molar-refractivity contribution is 7.70. The van der Waals surface area contributed by atoms with E-state index >= 15 is 0 Å². The summed E-state index contributed by atoms with van der Waals surface area (Å²) in [5, 5.41) is 0.116. The molecule has 0 unspecified atom stereocenters. The molecule has 0 heterocycles. The molecule has 0 radical (unpaired) electrons. The van der Waals surface area contributed by atoms with Crippen molar-refractivity contribution in [3.8, 4) is 5.75 Å². The fraction of sp³-hybridized carbons (Fsp3) is 0.333. The van der Waals surface area contributed by atoms with E-state index in [0.717, 1.165) is 6.07 Å². The minimum atomic E-state index is -4.81. The highest BCUT2D eigenvalue weighted by Gasteiger charge is 2.32. The topological polar surface area (TPSA) is 26.3 Å². The number of ether oxygens (including phenoxy) is 1. The molecular formula is C9H9ClF3O2P. The Labute approximate surface area is 95.7 Å². The fourth-order valence-corrected chi connectivity index (χ4v) is 2.05. The van der Waals surface area contributed by atoms with Gasteiger partial charge in [-0.15, -0.1) is 13.2 Å². The fourth-order valence-electron chi connectivity index (χ4n) is 1.03. The first-order chi connectivity index (χ1) is 7.09. The molecule has 0 fully saturated rings. The number of hydrogen-bond acceptors (Lipinski definition) is 2. The minimum absolute atomic E-state index is 0.172. The van der Waals surface area contributed by atoms with Crippen molar-refractivity contribution in [3.05, 3.63) is 23.2 Å². The lowest BCUT2D eigenvalue weighted by molar-refractivity contribution is -0.274. The Hall–Kier alpha value is -0.670. The van der Waals surface area contributed by atoms with Gasteiger partial charge in [-0.05, 0) is 31.5 Å². The monoisotopic (exact) mass is 272 g/mol. The Morgan fingerprint density at radius 1 is 1.31 bits per heavy atom. The second kappa shape index (κ2) is 4.30. The molecule has 0 N–H and O–H groups in total. The van der Waals surface area contributed by atoms with Crippen LogP contribution in [-0.2, 0) is 4.57 Å². The van der Waals surface area contributed by atoms with Gasteiger partial charge in [-0.3, -0.25) is 0 Å². The number of halogens is 4. The van der Waals surface area contributed by atoms with E-state index in [9.17, 15) is 17.7 Å². The number of benzene rings is 1. The first-order valence-electron chi connectivity index (χ1n) is 4.20. The van der Waals surface area contributed by atoms with E-state index in [1.165, 1.54) is 25.5 Å². The van der Waals surface area contributed by atoms with Gasteiger partial charge >= 0.3 is 6.36 Å². The van der Waals surface area contributed by atoms with Gasteiger partial charge in [0.1, 0.15) is 12.9 Å². The predicted octanol–water partition coefficient (Wildman–Crippen LogP) is 3.49. The van der Waals surface area contributed by atoms with Gasteiger partial charge in [0.2, 0.25) is 0 Å².